The van der Waals surface area contributed by atoms with E-state index in [-0.39, 0.29) is 6.04 Å². The summed E-state index contributed by atoms with van der Waals surface area (Å²) in [5, 5.41) is 12.4. The molecule has 0 aliphatic carbocycles. The number of nitrogens with one attached hydrogen (secondary N) is 1. The third kappa shape index (κ3) is 4.74. The topological polar surface area (TPSA) is 109 Å². The Morgan fingerprint density at radius 1 is 1.28 bits per heavy atom. The Bertz CT molecular complexity index is 895. The number of benzene rings is 1. The summed E-state index contributed by atoms with van der Waals surface area (Å²) in [6.45, 7) is 6.11. The molecule has 1 aliphatic heterocycles. The quantitative estimate of drug-likeness (QED) is 0.691. The number of aliphatic hydroxyl groups excluding tert-OH is 1. The highest BCUT2D eigenvalue weighted by atomic mass is 16.3. The number of nitrogen functional groups attached to an aromatic ring is 1. The van der Waals surface area contributed by atoms with Crippen LogP contribution in [0, 0.1) is 12.8 Å². The van der Waals surface area contributed by atoms with Crippen molar-refractivity contribution in [1.82, 2.24) is 9.88 Å². The van der Waals surface area contributed by atoms with Gasteiger partial charge in [-0.1, -0.05) is 31.2 Å². The fourth-order valence-electron chi connectivity index (χ4n) is 3.69. The summed E-state index contributed by atoms with van der Waals surface area (Å²) < 4.78 is 0. The van der Waals surface area contributed by atoms with Gasteiger partial charge in [-0.3, -0.25) is 9.59 Å². The molecule has 2 aromatic rings. The van der Waals surface area contributed by atoms with Crippen molar-refractivity contribution in [1.29, 1.82) is 0 Å². The molecule has 1 aliphatic rings. The summed E-state index contributed by atoms with van der Waals surface area (Å²) in [7, 11) is 0. The van der Waals surface area contributed by atoms with E-state index in [1.54, 1.807) is 24.8 Å². The zero-order chi connectivity index (χ0) is 21.1. The highest BCUT2D eigenvalue weighted by Gasteiger charge is 2.34. The van der Waals surface area contributed by atoms with Gasteiger partial charge in [-0.15, -0.1) is 0 Å². The van der Waals surface area contributed by atoms with Crippen molar-refractivity contribution in [2.75, 3.05) is 17.6 Å². The molecule has 1 aromatic carbocycles. The number of aromatic nitrogens is 1. The first-order chi connectivity index (χ1) is 13.8. The fraction of sp³-hybridized carbons (Fsp3) is 0.409. The van der Waals surface area contributed by atoms with E-state index in [2.05, 4.69) is 17.2 Å². The molecule has 1 aromatic heterocycles. The van der Waals surface area contributed by atoms with Gasteiger partial charge >= 0.3 is 11.8 Å². The maximum atomic E-state index is 13.0. The Balaban J connectivity index is 1.79. The molecule has 3 rings (SSSR count). The van der Waals surface area contributed by atoms with Crippen molar-refractivity contribution in [3.8, 4) is 0 Å². The number of anilines is 2. The molecule has 3 atom stereocenters. The lowest BCUT2D eigenvalue weighted by molar-refractivity contribution is -0.146. The molecule has 0 saturated carbocycles. The van der Waals surface area contributed by atoms with Crippen molar-refractivity contribution in [2.45, 2.75) is 45.8 Å². The molecule has 7 heteroatoms. The minimum Gasteiger partial charge on any atom is -0.389 e. The van der Waals surface area contributed by atoms with Gasteiger partial charge in [0.1, 0.15) is 5.82 Å². The molecular formula is C22H28N4O3. The van der Waals surface area contributed by atoms with E-state index in [1.807, 2.05) is 24.3 Å². The standard InChI is InChI=1S/C22H28N4O3/c1-13-4-9-19(17-7-5-16(6-8-17)15(3)27)26(12-13)22(29)21(28)25-18-10-14(2)20(23)24-11-18/h5-8,10-11,13,15,19,27H,4,9,12H2,1-3H3,(H2,23,24)(H,25,28)/t13-,15?,19+/m0/s1. The van der Waals surface area contributed by atoms with Gasteiger partial charge in [-0.05, 0) is 55.4 Å². The third-order valence-corrected chi connectivity index (χ3v) is 5.45. The maximum absolute atomic E-state index is 13.0. The second-order valence-corrected chi connectivity index (χ2v) is 7.88. The van der Waals surface area contributed by atoms with E-state index in [1.165, 1.54) is 6.20 Å². The zero-order valence-corrected chi connectivity index (χ0v) is 17.1. The molecule has 0 radical (unpaired) electrons. The second-order valence-electron chi connectivity index (χ2n) is 7.88. The van der Waals surface area contributed by atoms with Gasteiger partial charge in [-0.2, -0.15) is 0 Å². The van der Waals surface area contributed by atoms with Gasteiger partial charge < -0.3 is 21.1 Å². The Morgan fingerprint density at radius 3 is 2.59 bits per heavy atom. The number of rotatable bonds is 3. The minimum atomic E-state index is -0.685. The van der Waals surface area contributed by atoms with Crippen LogP contribution in [0.2, 0.25) is 0 Å². The number of likely N-dealkylation sites (tertiary alicyclic amines) is 1. The highest BCUT2D eigenvalue weighted by Crippen LogP contribution is 2.34. The SMILES string of the molecule is Cc1cc(NC(=O)C(=O)N2C[C@@H](C)CC[C@@H]2c2ccc(C(C)O)cc2)cnc1N. The fourth-order valence-corrected chi connectivity index (χ4v) is 3.69. The summed E-state index contributed by atoms with van der Waals surface area (Å²) >= 11 is 0. The molecule has 7 nitrogen and oxygen atoms in total. The number of aryl methyl sites for hydroxylation is 1. The summed E-state index contributed by atoms with van der Waals surface area (Å²) in [6.07, 6.45) is 2.67. The van der Waals surface area contributed by atoms with Crippen LogP contribution in [-0.4, -0.2) is 33.3 Å². The van der Waals surface area contributed by atoms with E-state index in [0.717, 1.165) is 29.5 Å². The van der Waals surface area contributed by atoms with Crippen molar-refractivity contribution in [3.63, 3.8) is 0 Å². The van der Waals surface area contributed by atoms with Crippen molar-refractivity contribution in [3.05, 3.63) is 53.2 Å². The van der Waals surface area contributed by atoms with Crippen LogP contribution in [0.15, 0.2) is 36.5 Å². The minimum absolute atomic E-state index is 0.168. The van der Waals surface area contributed by atoms with Crippen LogP contribution in [0.3, 0.4) is 0 Å². The number of carbonyl (C=O) groups is 2. The normalized spacial score (nSPS) is 20.2. The summed E-state index contributed by atoms with van der Waals surface area (Å²) in [6, 6.07) is 9.10. The predicted molar refractivity (Wildman–Crippen MR) is 112 cm³/mol. The van der Waals surface area contributed by atoms with Crippen LogP contribution >= 0.6 is 0 Å². The van der Waals surface area contributed by atoms with Gasteiger partial charge in [-0.25, -0.2) is 4.98 Å². The Kier molecular flexibility index (Phi) is 6.17. The van der Waals surface area contributed by atoms with Crippen LogP contribution < -0.4 is 11.1 Å². The molecule has 154 valence electrons. The van der Waals surface area contributed by atoms with Crippen LogP contribution in [-0.2, 0) is 9.59 Å². The van der Waals surface area contributed by atoms with Gasteiger partial charge in [0.05, 0.1) is 24.0 Å². The number of carbonyl (C=O) groups excluding carboxylic acids is 2. The summed E-state index contributed by atoms with van der Waals surface area (Å²) in [5.41, 5.74) is 8.67. The lowest BCUT2D eigenvalue weighted by Gasteiger charge is -2.38. The van der Waals surface area contributed by atoms with E-state index in [4.69, 9.17) is 5.73 Å². The molecule has 2 heterocycles. The number of hydrogen-bond acceptors (Lipinski definition) is 5. The van der Waals surface area contributed by atoms with Crippen LogP contribution in [0.25, 0.3) is 0 Å². The van der Waals surface area contributed by atoms with Crippen LogP contribution in [0.5, 0.6) is 0 Å². The maximum Gasteiger partial charge on any atom is 0.313 e. The Hall–Kier alpha value is -2.93. The number of amides is 2. The smallest absolute Gasteiger partial charge is 0.313 e. The van der Waals surface area contributed by atoms with Crippen molar-refractivity contribution >= 4 is 23.3 Å². The lowest BCUT2D eigenvalue weighted by atomic mass is 9.89. The average molecular weight is 396 g/mol. The van der Waals surface area contributed by atoms with Crippen LogP contribution in [0.1, 0.15) is 55.5 Å². The number of nitrogens with two attached hydrogens (primary N) is 1. The van der Waals surface area contributed by atoms with Crippen molar-refractivity contribution < 1.29 is 14.7 Å². The molecule has 2 amide bonds. The van der Waals surface area contributed by atoms with Crippen molar-refractivity contribution in [2.24, 2.45) is 5.92 Å². The van der Waals surface area contributed by atoms with Crippen LogP contribution in [0.4, 0.5) is 11.5 Å². The zero-order valence-electron chi connectivity index (χ0n) is 17.1. The summed E-state index contributed by atoms with van der Waals surface area (Å²) in [5.74, 6) is -0.536. The number of nitrogens with zero attached hydrogens (tertiary/aromatic N) is 2. The molecule has 0 bridgehead atoms. The first-order valence-corrected chi connectivity index (χ1v) is 9.88. The molecule has 0 spiro atoms. The molecule has 1 unspecified atom stereocenters. The molecule has 1 fully saturated rings. The number of hydrogen-bond donors (Lipinski definition) is 3. The number of pyridine rings is 1. The molecule has 1 saturated heterocycles. The van der Waals surface area contributed by atoms with E-state index in [9.17, 15) is 14.7 Å². The number of aliphatic hydroxyl groups is 1. The predicted octanol–water partition coefficient (Wildman–Crippen LogP) is 2.96. The summed E-state index contributed by atoms with van der Waals surface area (Å²) in [4.78, 5) is 31.3. The van der Waals surface area contributed by atoms with E-state index in [0.29, 0.717) is 24.0 Å². The molecular weight excluding hydrogens is 368 g/mol. The lowest BCUT2D eigenvalue weighted by Crippen LogP contribution is -2.46. The first-order valence-electron chi connectivity index (χ1n) is 9.88. The highest BCUT2D eigenvalue weighted by molar-refractivity contribution is 6.39. The van der Waals surface area contributed by atoms with Gasteiger partial charge in [0.25, 0.3) is 0 Å². The first kappa shape index (κ1) is 20.8. The largest absolute Gasteiger partial charge is 0.389 e. The van der Waals surface area contributed by atoms with Gasteiger partial charge in [0, 0.05) is 6.54 Å². The van der Waals surface area contributed by atoms with E-state index < -0.39 is 17.9 Å². The molecule has 29 heavy (non-hydrogen) atoms. The molecule has 4 N–H and O–H groups in total. The second kappa shape index (κ2) is 8.61. The van der Waals surface area contributed by atoms with Gasteiger partial charge in [0.2, 0.25) is 0 Å². The monoisotopic (exact) mass is 396 g/mol. The Morgan fingerprint density at radius 2 is 1.97 bits per heavy atom. The van der Waals surface area contributed by atoms with Gasteiger partial charge in [0.15, 0.2) is 0 Å². The average Bonchev–Trinajstić information content (AvgIpc) is 2.70. The number of piperidine rings is 1. The third-order valence-electron chi connectivity index (χ3n) is 5.45. The van der Waals surface area contributed by atoms with E-state index >= 15 is 0 Å². The Labute approximate surface area is 170 Å².